The monoisotopic (exact) mass is 426 g/mol. The SMILES string of the molecule is CCOC(=O)c1c(-c2cccc(C3CC3)c2)c(C#N)c(SC/C(=N/N)NN)[nH]c1=O. The minimum Gasteiger partial charge on any atom is -0.462 e. The molecule has 2 aromatic rings. The van der Waals surface area contributed by atoms with E-state index < -0.39 is 11.5 Å². The van der Waals surface area contributed by atoms with Crippen LogP contribution in [0.4, 0.5) is 0 Å². The number of nitrogens with one attached hydrogen (secondary N) is 2. The summed E-state index contributed by atoms with van der Waals surface area (Å²) in [5.74, 6) is 10.8. The molecule has 3 rings (SSSR count). The molecule has 0 saturated heterocycles. The number of aromatic nitrogens is 1. The summed E-state index contributed by atoms with van der Waals surface area (Å²) in [4.78, 5) is 28.1. The summed E-state index contributed by atoms with van der Waals surface area (Å²) < 4.78 is 5.10. The number of benzene rings is 1. The zero-order valence-corrected chi connectivity index (χ0v) is 17.2. The van der Waals surface area contributed by atoms with Crippen LogP contribution in [0.2, 0.25) is 0 Å². The number of hydrogen-bond donors (Lipinski definition) is 4. The lowest BCUT2D eigenvalue weighted by Crippen LogP contribution is -2.33. The Hall–Kier alpha value is -3.29. The second kappa shape index (κ2) is 9.47. The number of esters is 1. The molecule has 1 saturated carbocycles. The van der Waals surface area contributed by atoms with Gasteiger partial charge in [0.05, 0.1) is 22.9 Å². The zero-order valence-electron chi connectivity index (χ0n) is 16.4. The Labute approximate surface area is 177 Å². The number of ether oxygens (including phenoxy) is 1. The van der Waals surface area contributed by atoms with E-state index in [4.69, 9.17) is 16.4 Å². The number of carbonyl (C=O) groups excluding carboxylic acids is 1. The average Bonchev–Trinajstić information content (AvgIpc) is 3.59. The molecule has 0 radical (unpaired) electrons. The van der Waals surface area contributed by atoms with Gasteiger partial charge in [-0.2, -0.15) is 10.4 Å². The first-order valence-corrected chi connectivity index (χ1v) is 10.4. The molecule has 1 aliphatic carbocycles. The van der Waals surface area contributed by atoms with Gasteiger partial charge in [0, 0.05) is 5.56 Å². The predicted molar refractivity (Wildman–Crippen MR) is 115 cm³/mol. The number of hydrazone groups is 1. The smallest absolute Gasteiger partial charge is 0.344 e. The van der Waals surface area contributed by atoms with Gasteiger partial charge in [-0.3, -0.25) is 4.79 Å². The van der Waals surface area contributed by atoms with Crippen molar-refractivity contribution < 1.29 is 9.53 Å². The summed E-state index contributed by atoms with van der Waals surface area (Å²) in [6.07, 6.45) is 2.20. The lowest BCUT2D eigenvalue weighted by atomic mass is 9.94. The molecule has 0 atom stereocenters. The van der Waals surface area contributed by atoms with Crippen molar-refractivity contribution >= 4 is 23.6 Å². The summed E-state index contributed by atoms with van der Waals surface area (Å²) in [7, 11) is 0. The Morgan fingerprint density at radius 1 is 1.47 bits per heavy atom. The fourth-order valence-corrected chi connectivity index (χ4v) is 4.00. The number of nitrogens with two attached hydrogens (primary N) is 2. The van der Waals surface area contributed by atoms with Crippen molar-refractivity contribution in [3.63, 3.8) is 0 Å². The van der Waals surface area contributed by atoms with E-state index in [1.54, 1.807) is 13.0 Å². The molecule has 10 heteroatoms. The molecule has 1 heterocycles. The number of rotatable bonds is 7. The first-order chi connectivity index (χ1) is 14.5. The Morgan fingerprint density at radius 3 is 2.83 bits per heavy atom. The van der Waals surface area contributed by atoms with Gasteiger partial charge >= 0.3 is 5.97 Å². The number of thioether (sulfide) groups is 1. The maximum Gasteiger partial charge on any atom is 0.344 e. The van der Waals surface area contributed by atoms with E-state index in [9.17, 15) is 14.9 Å². The molecule has 1 fully saturated rings. The maximum absolute atomic E-state index is 12.9. The highest BCUT2D eigenvalue weighted by Gasteiger charge is 2.28. The van der Waals surface area contributed by atoms with Crippen molar-refractivity contribution in [2.24, 2.45) is 16.8 Å². The topological polar surface area (TPSA) is 159 Å². The van der Waals surface area contributed by atoms with Gasteiger partial charge in [-0.15, -0.1) is 0 Å². The molecule has 1 aromatic carbocycles. The first kappa shape index (κ1) is 21.4. The molecule has 6 N–H and O–H groups in total. The fourth-order valence-electron chi connectivity index (χ4n) is 3.10. The van der Waals surface area contributed by atoms with E-state index in [2.05, 4.69) is 21.6 Å². The van der Waals surface area contributed by atoms with Gasteiger partial charge in [-0.05, 0) is 36.8 Å². The number of amidine groups is 1. The van der Waals surface area contributed by atoms with Crippen molar-refractivity contribution in [2.75, 3.05) is 12.4 Å². The molecule has 30 heavy (non-hydrogen) atoms. The average molecular weight is 427 g/mol. The summed E-state index contributed by atoms with van der Waals surface area (Å²) in [5, 5.41) is 13.7. The Bertz CT molecular complexity index is 1080. The number of nitriles is 1. The van der Waals surface area contributed by atoms with Crippen LogP contribution in [0.5, 0.6) is 0 Å². The molecule has 0 unspecified atom stereocenters. The minimum absolute atomic E-state index is 0.108. The third-order valence-corrected chi connectivity index (χ3v) is 5.68. The standard InChI is InChI=1S/C20H22N6O3S/c1-2-29-20(28)17-16(13-5-3-4-12(8-13)11-6-7-11)14(9-21)19(24-18(17)27)30-10-15(25-22)26-23/h3-5,8,11H,2,6-7,10,22-23H2,1H3,(H,24,27)(H,25,26). The lowest BCUT2D eigenvalue weighted by molar-refractivity contribution is 0.0525. The van der Waals surface area contributed by atoms with Crippen molar-refractivity contribution in [1.29, 1.82) is 5.26 Å². The molecule has 1 aromatic heterocycles. The number of hydrogen-bond acceptors (Lipinski definition) is 8. The van der Waals surface area contributed by atoms with Gasteiger partial charge < -0.3 is 21.0 Å². The van der Waals surface area contributed by atoms with Crippen LogP contribution in [-0.4, -0.2) is 29.1 Å². The van der Waals surface area contributed by atoms with Gasteiger partial charge in [0.15, 0.2) is 0 Å². The van der Waals surface area contributed by atoms with E-state index in [0.717, 1.165) is 30.2 Å². The molecule has 0 amide bonds. The number of hydrazine groups is 1. The van der Waals surface area contributed by atoms with E-state index in [0.29, 0.717) is 16.5 Å². The number of pyridine rings is 1. The number of carbonyl (C=O) groups is 1. The highest BCUT2D eigenvalue weighted by atomic mass is 32.2. The van der Waals surface area contributed by atoms with Crippen molar-refractivity contribution in [2.45, 2.75) is 30.7 Å². The normalized spacial score (nSPS) is 13.6. The molecule has 0 spiro atoms. The van der Waals surface area contributed by atoms with Gasteiger partial charge in [-0.25, -0.2) is 10.6 Å². The second-order valence-electron chi connectivity index (χ2n) is 6.65. The summed E-state index contributed by atoms with van der Waals surface area (Å²) >= 11 is 1.13. The number of nitrogens with zero attached hydrogens (tertiary/aromatic N) is 2. The van der Waals surface area contributed by atoms with Gasteiger partial charge in [0.2, 0.25) is 0 Å². The number of aromatic amines is 1. The van der Waals surface area contributed by atoms with E-state index >= 15 is 0 Å². The lowest BCUT2D eigenvalue weighted by Gasteiger charge is -2.15. The maximum atomic E-state index is 12.9. The Morgan fingerprint density at radius 2 is 2.23 bits per heavy atom. The van der Waals surface area contributed by atoms with Crippen LogP contribution >= 0.6 is 11.8 Å². The summed E-state index contributed by atoms with van der Waals surface area (Å²) in [5.41, 5.74) is 3.70. The van der Waals surface area contributed by atoms with Crippen LogP contribution in [0.25, 0.3) is 11.1 Å². The second-order valence-corrected chi connectivity index (χ2v) is 7.63. The van der Waals surface area contributed by atoms with Crippen LogP contribution in [0.15, 0.2) is 39.2 Å². The van der Waals surface area contributed by atoms with Crippen molar-refractivity contribution in [3.8, 4) is 17.2 Å². The Kier molecular flexibility index (Phi) is 6.76. The molecule has 1 aliphatic rings. The number of H-pyrrole nitrogens is 1. The van der Waals surface area contributed by atoms with Crippen LogP contribution in [-0.2, 0) is 4.74 Å². The summed E-state index contributed by atoms with van der Waals surface area (Å²) in [6.45, 7) is 1.76. The van der Waals surface area contributed by atoms with E-state index in [1.807, 2.05) is 18.2 Å². The molecule has 0 bridgehead atoms. The van der Waals surface area contributed by atoms with Gasteiger partial charge in [0.25, 0.3) is 5.56 Å². The van der Waals surface area contributed by atoms with Crippen LogP contribution in [0, 0.1) is 11.3 Å². The molecule has 0 aliphatic heterocycles. The highest BCUT2D eigenvalue weighted by molar-refractivity contribution is 8.00. The van der Waals surface area contributed by atoms with Crippen molar-refractivity contribution in [3.05, 3.63) is 51.3 Å². The quantitative estimate of drug-likeness (QED) is 0.130. The summed E-state index contributed by atoms with van der Waals surface area (Å²) in [6, 6.07) is 9.72. The largest absolute Gasteiger partial charge is 0.462 e. The van der Waals surface area contributed by atoms with Crippen LogP contribution in [0.1, 0.15) is 47.2 Å². The molecule has 156 valence electrons. The molecular formula is C20H22N6O3S. The third kappa shape index (κ3) is 4.48. The zero-order chi connectivity index (χ0) is 21.7. The first-order valence-electron chi connectivity index (χ1n) is 9.38. The van der Waals surface area contributed by atoms with Crippen molar-refractivity contribution in [1.82, 2.24) is 10.4 Å². The third-order valence-electron chi connectivity index (χ3n) is 4.67. The van der Waals surface area contributed by atoms with Crippen LogP contribution in [0.3, 0.4) is 0 Å². The van der Waals surface area contributed by atoms with Gasteiger partial charge in [-0.1, -0.05) is 36.0 Å². The Balaban J connectivity index is 2.19. The highest BCUT2D eigenvalue weighted by Crippen LogP contribution is 2.42. The van der Waals surface area contributed by atoms with Gasteiger partial charge in [0.1, 0.15) is 17.5 Å². The van der Waals surface area contributed by atoms with Crippen LogP contribution < -0.4 is 22.7 Å². The van der Waals surface area contributed by atoms with E-state index in [-0.39, 0.29) is 34.9 Å². The minimum atomic E-state index is -0.772. The predicted octanol–water partition coefficient (Wildman–Crippen LogP) is 1.80. The fraction of sp³-hybridized carbons (Fsp3) is 0.300. The molecule has 9 nitrogen and oxygen atoms in total. The van der Waals surface area contributed by atoms with E-state index in [1.165, 1.54) is 0 Å². The molecular weight excluding hydrogens is 404 g/mol.